The molecular weight excluding hydrogens is 254 g/mol. The van der Waals surface area contributed by atoms with Gasteiger partial charge in [-0.05, 0) is 43.0 Å². The second kappa shape index (κ2) is 6.53. The van der Waals surface area contributed by atoms with Gasteiger partial charge in [0, 0.05) is 16.6 Å². The van der Waals surface area contributed by atoms with Gasteiger partial charge in [0.25, 0.3) is 0 Å². The Labute approximate surface area is 119 Å². The maximum Gasteiger partial charge on any atom is 0.118 e. The number of hydrogen-bond acceptors (Lipinski definition) is 3. The number of thioether (sulfide) groups is 1. The van der Waals surface area contributed by atoms with Crippen molar-refractivity contribution in [3.05, 3.63) is 54.1 Å². The molecule has 0 heterocycles. The Morgan fingerprint density at radius 2 is 1.74 bits per heavy atom. The molecule has 0 saturated carbocycles. The molecule has 1 N–H and O–H groups in total. The molecule has 1 unspecified atom stereocenters. The summed E-state index contributed by atoms with van der Waals surface area (Å²) >= 11 is 1.76. The number of ether oxygens (including phenoxy) is 1. The standard InChI is InChI=1S/C16H19NOS/c1-12(13-8-10-14(18-2)11-9-13)17-15-6-4-5-7-16(15)19-3/h4-12,17H,1-3H3. The zero-order chi connectivity index (χ0) is 13.7. The molecule has 0 amide bonds. The van der Waals surface area contributed by atoms with Crippen LogP contribution in [0.15, 0.2) is 53.4 Å². The van der Waals surface area contributed by atoms with Crippen LogP contribution in [0.2, 0.25) is 0 Å². The zero-order valence-electron chi connectivity index (χ0n) is 11.5. The van der Waals surface area contributed by atoms with Crippen LogP contribution < -0.4 is 10.1 Å². The van der Waals surface area contributed by atoms with Crippen molar-refractivity contribution in [2.75, 3.05) is 18.7 Å². The van der Waals surface area contributed by atoms with Gasteiger partial charge < -0.3 is 10.1 Å². The highest BCUT2D eigenvalue weighted by molar-refractivity contribution is 7.98. The minimum absolute atomic E-state index is 0.263. The van der Waals surface area contributed by atoms with Crippen molar-refractivity contribution >= 4 is 17.4 Å². The fourth-order valence-corrected chi connectivity index (χ4v) is 2.53. The van der Waals surface area contributed by atoms with E-state index in [0.717, 1.165) is 5.75 Å². The van der Waals surface area contributed by atoms with Gasteiger partial charge in [-0.1, -0.05) is 24.3 Å². The van der Waals surface area contributed by atoms with Crippen molar-refractivity contribution in [1.82, 2.24) is 0 Å². The number of methoxy groups -OCH3 is 1. The zero-order valence-corrected chi connectivity index (χ0v) is 12.3. The average Bonchev–Trinajstić information content (AvgIpc) is 2.48. The molecule has 0 bridgehead atoms. The van der Waals surface area contributed by atoms with Gasteiger partial charge in [-0.15, -0.1) is 11.8 Å². The highest BCUT2D eigenvalue weighted by Gasteiger charge is 2.07. The second-order valence-corrected chi connectivity index (χ2v) is 5.19. The fraction of sp³-hybridized carbons (Fsp3) is 0.250. The summed E-state index contributed by atoms with van der Waals surface area (Å²) in [6, 6.07) is 16.8. The van der Waals surface area contributed by atoms with E-state index in [1.54, 1.807) is 18.9 Å². The predicted octanol–water partition coefficient (Wildman–Crippen LogP) is 4.59. The maximum atomic E-state index is 5.18. The number of benzene rings is 2. The summed E-state index contributed by atoms with van der Waals surface area (Å²) < 4.78 is 5.18. The Morgan fingerprint density at radius 3 is 2.37 bits per heavy atom. The normalized spacial score (nSPS) is 11.9. The number of anilines is 1. The van der Waals surface area contributed by atoms with E-state index in [-0.39, 0.29) is 6.04 Å². The lowest BCUT2D eigenvalue weighted by Gasteiger charge is -2.18. The molecule has 2 nitrogen and oxygen atoms in total. The van der Waals surface area contributed by atoms with E-state index in [9.17, 15) is 0 Å². The second-order valence-electron chi connectivity index (χ2n) is 4.34. The minimum Gasteiger partial charge on any atom is -0.497 e. The summed E-state index contributed by atoms with van der Waals surface area (Å²) in [5, 5.41) is 3.55. The summed E-state index contributed by atoms with van der Waals surface area (Å²) in [5.41, 5.74) is 2.43. The van der Waals surface area contributed by atoms with Gasteiger partial charge in [0.2, 0.25) is 0 Å². The molecule has 2 rings (SSSR count). The SMILES string of the molecule is COc1ccc(C(C)Nc2ccccc2SC)cc1. The van der Waals surface area contributed by atoms with Crippen molar-refractivity contribution in [1.29, 1.82) is 0 Å². The first kappa shape index (κ1) is 13.8. The highest BCUT2D eigenvalue weighted by atomic mass is 32.2. The summed E-state index contributed by atoms with van der Waals surface area (Å²) in [6.45, 7) is 2.17. The van der Waals surface area contributed by atoms with Crippen LogP contribution in [0.25, 0.3) is 0 Å². The first-order chi connectivity index (χ1) is 9.24. The number of rotatable bonds is 5. The molecule has 0 aliphatic rings. The lowest BCUT2D eigenvalue weighted by Crippen LogP contribution is -2.07. The van der Waals surface area contributed by atoms with Gasteiger partial charge in [0.15, 0.2) is 0 Å². The first-order valence-electron chi connectivity index (χ1n) is 6.28. The van der Waals surface area contributed by atoms with E-state index < -0.39 is 0 Å². The molecule has 0 fully saturated rings. The molecule has 0 aromatic heterocycles. The number of nitrogens with one attached hydrogen (secondary N) is 1. The first-order valence-corrected chi connectivity index (χ1v) is 7.50. The third-order valence-electron chi connectivity index (χ3n) is 3.09. The van der Waals surface area contributed by atoms with Gasteiger partial charge >= 0.3 is 0 Å². The van der Waals surface area contributed by atoms with Crippen LogP contribution in [0, 0.1) is 0 Å². The molecular formula is C16H19NOS. The summed E-state index contributed by atoms with van der Waals surface area (Å²) in [7, 11) is 1.69. The van der Waals surface area contributed by atoms with Crippen LogP contribution in [0.5, 0.6) is 5.75 Å². The molecule has 0 aliphatic heterocycles. The predicted molar refractivity (Wildman–Crippen MR) is 83.3 cm³/mol. The van der Waals surface area contributed by atoms with E-state index in [1.807, 2.05) is 12.1 Å². The lowest BCUT2D eigenvalue weighted by molar-refractivity contribution is 0.414. The van der Waals surface area contributed by atoms with E-state index in [0.29, 0.717) is 0 Å². The van der Waals surface area contributed by atoms with Crippen molar-refractivity contribution < 1.29 is 4.74 Å². The molecule has 0 radical (unpaired) electrons. The third kappa shape index (κ3) is 3.44. The van der Waals surface area contributed by atoms with Gasteiger partial charge in [-0.3, -0.25) is 0 Å². The van der Waals surface area contributed by atoms with Crippen LogP contribution in [0.1, 0.15) is 18.5 Å². The lowest BCUT2D eigenvalue weighted by atomic mass is 10.1. The summed E-state index contributed by atoms with van der Waals surface area (Å²) in [5.74, 6) is 0.889. The van der Waals surface area contributed by atoms with Crippen LogP contribution in [-0.2, 0) is 0 Å². The van der Waals surface area contributed by atoms with Crippen molar-refractivity contribution in [3.8, 4) is 5.75 Å². The van der Waals surface area contributed by atoms with Crippen molar-refractivity contribution in [3.63, 3.8) is 0 Å². The van der Waals surface area contributed by atoms with Crippen LogP contribution in [0.4, 0.5) is 5.69 Å². The van der Waals surface area contributed by atoms with Crippen LogP contribution >= 0.6 is 11.8 Å². The molecule has 2 aromatic rings. The quantitative estimate of drug-likeness (QED) is 0.805. The van der Waals surface area contributed by atoms with Gasteiger partial charge in [-0.2, -0.15) is 0 Å². The van der Waals surface area contributed by atoms with Crippen molar-refractivity contribution in [2.24, 2.45) is 0 Å². The van der Waals surface area contributed by atoms with Crippen LogP contribution in [-0.4, -0.2) is 13.4 Å². The van der Waals surface area contributed by atoms with Crippen LogP contribution in [0.3, 0.4) is 0 Å². The molecule has 3 heteroatoms. The minimum atomic E-state index is 0.263. The Morgan fingerprint density at radius 1 is 1.05 bits per heavy atom. The smallest absolute Gasteiger partial charge is 0.118 e. The maximum absolute atomic E-state index is 5.18. The number of para-hydroxylation sites is 1. The Bertz CT molecular complexity index is 525. The van der Waals surface area contributed by atoms with Gasteiger partial charge in [-0.25, -0.2) is 0 Å². The Balaban J connectivity index is 2.13. The van der Waals surface area contributed by atoms with E-state index >= 15 is 0 Å². The highest BCUT2D eigenvalue weighted by Crippen LogP contribution is 2.28. The van der Waals surface area contributed by atoms with Gasteiger partial charge in [0.05, 0.1) is 7.11 Å². The van der Waals surface area contributed by atoms with E-state index in [4.69, 9.17) is 4.74 Å². The molecule has 2 aromatic carbocycles. The largest absolute Gasteiger partial charge is 0.497 e. The fourth-order valence-electron chi connectivity index (χ4n) is 1.97. The molecule has 100 valence electrons. The number of hydrogen-bond donors (Lipinski definition) is 1. The molecule has 0 spiro atoms. The Kier molecular flexibility index (Phi) is 4.74. The topological polar surface area (TPSA) is 21.3 Å². The molecule has 0 saturated heterocycles. The molecule has 1 atom stereocenters. The monoisotopic (exact) mass is 273 g/mol. The summed E-state index contributed by atoms with van der Waals surface area (Å²) in [6.07, 6.45) is 2.10. The average molecular weight is 273 g/mol. The molecule has 19 heavy (non-hydrogen) atoms. The van der Waals surface area contributed by atoms with Crippen molar-refractivity contribution in [2.45, 2.75) is 17.9 Å². The van der Waals surface area contributed by atoms with E-state index in [2.05, 4.69) is 54.9 Å². The molecule has 0 aliphatic carbocycles. The summed E-state index contributed by atoms with van der Waals surface area (Å²) in [4.78, 5) is 1.27. The Hall–Kier alpha value is -1.61. The van der Waals surface area contributed by atoms with E-state index in [1.165, 1.54) is 16.1 Å². The van der Waals surface area contributed by atoms with Gasteiger partial charge in [0.1, 0.15) is 5.75 Å². The third-order valence-corrected chi connectivity index (χ3v) is 3.89.